The fraction of sp³-hybridized carbons (Fsp3) is 0.115. The van der Waals surface area contributed by atoms with Gasteiger partial charge in [-0.1, -0.05) is 41.4 Å². The number of nitriles is 1. The number of hydrogen-bond donors (Lipinski definition) is 0. The Labute approximate surface area is 210 Å². The van der Waals surface area contributed by atoms with Gasteiger partial charge in [-0.3, -0.25) is 23.9 Å². The van der Waals surface area contributed by atoms with Crippen LogP contribution >= 0.6 is 23.2 Å². The molecule has 1 aliphatic heterocycles. The number of carbonyl (C=O) groups excluding carboxylic acids is 3. The Hall–Kier alpha value is -3.99. The molecule has 0 saturated heterocycles. The summed E-state index contributed by atoms with van der Waals surface area (Å²) in [6.07, 6.45) is 0.697. The topological polar surface area (TPSA) is 96.1 Å². The number of hydrogen-bond acceptors (Lipinski definition) is 5. The molecule has 0 fully saturated rings. The molecule has 0 N–H and O–H groups in total. The predicted octanol–water partition coefficient (Wildman–Crippen LogP) is 5.13. The van der Waals surface area contributed by atoms with Gasteiger partial charge in [0.15, 0.2) is 0 Å². The van der Waals surface area contributed by atoms with E-state index in [4.69, 9.17) is 23.2 Å². The Morgan fingerprint density at radius 2 is 1.63 bits per heavy atom. The summed E-state index contributed by atoms with van der Waals surface area (Å²) in [7, 11) is 0. The van der Waals surface area contributed by atoms with Gasteiger partial charge in [0.25, 0.3) is 17.7 Å². The summed E-state index contributed by atoms with van der Waals surface area (Å²) in [5.74, 6) is -0.606. The van der Waals surface area contributed by atoms with Crippen LogP contribution in [0.4, 0.5) is 0 Å². The number of aryl methyl sites for hydroxylation is 1. The molecule has 3 aromatic carbocycles. The molecular formula is C26H16Cl2N4O3. The molecule has 0 radical (unpaired) electrons. The Balaban J connectivity index is 1.46. The smallest absolute Gasteiger partial charge is 0.263 e. The maximum atomic E-state index is 13.5. The van der Waals surface area contributed by atoms with E-state index in [9.17, 15) is 19.6 Å². The third-order valence-electron chi connectivity index (χ3n) is 5.87. The second-order valence-corrected chi connectivity index (χ2v) is 8.84. The van der Waals surface area contributed by atoms with E-state index in [2.05, 4.69) is 4.98 Å². The molecule has 1 aliphatic rings. The van der Waals surface area contributed by atoms with Crippen molar-refractivity contribution >= 4 is 52.0 Å². The molecule has 0 bridgehead atoms. The van der Waals surface area contributed by atoms with E-state index in [-0.39, 0.29) is 29.3 Å². The summed E-state index contributed by atoms with van der Waals surface area (Å²) in [5, 5.41) is 9.80. The summed E-state index contributed by atoms with van der Waals surface area (Å²) in [6, 6.07) is 18.3. The van der Waals surface area contributed by atoms with Crippen LogP contribution in [0.5, 0.6) is 0 Å². The van der Waals surface area contributed by atoms with Gasteiger partial charge in [-0.05, 0) is 48.9 Å². The number of imidazole rings is 1. The van der Waals surface area contributed by atoms with E-state index >= 15 is 0 Å². The number of fused-ring (bicyclic) bond motifs is 2. The number of halogens is 2. The monoisotopic (exact) mass is 502 g/mol. The van der Waals surface area contributed by atoms with Crippen LogP contribution in [-0.2, 0) is 6.42 Å². The van der Waals surface area contributed by atoms with Crippen molar-refractivity contribution in [2.45, 2.75) is 12.8 Å². The lowest BCUT2D eigenvalue weighted by Crippen LogP contribution is -2.31. The maximum Gasteiger partial charge on any atom is 0.263 e. The third kappa shape index (κ3) is 3.97. The van der Waals surface area contributed by atoms with Crippen molar-refractivity contribution in [2.75, 3.05) is 6.54 Å². The first-order valence-electron chi connectivity index (χ1n) is 10.8. The predicted molar refractivity (Wildman–Crippen MR) is 131 cm³/mol. The number of nitrogens with zero attached hydrogens (tertiary/aromatic N) is 4. The van der Waals surface area contributed by atoms with Gasteiger partial charge >= 0.3 is 0 Å². The number of imide groups is 1. The third-order valence-corrected chi connectivity index (χ3v) is 6.59. The van der Waals surface area contributed by atoms with Crippen LogP contribution in [0.2, 0.25) is 10.0 Å². The zero-order valence-electron chi connectivity index (χ0n) is 18.2. The molecule has 172 valence electrons. The molecule has 1 aromatic heterocycles. The summed E-state index contributed by atoms with van der Waals surface area (Å²) < 4.78 is 1.44. The van der Waals surface area contributed by atoms with Crippen molar-refractivity contribution in [1.29, 1.82) is 5.26 Å². The van der Waals surface area contributed by atoms with Crippen LogP contribution in [0.1, 0.15) is 48.9 Å². The molecule has 0 aliphatic carbocycles. The minimum absolute atomic E-state index is 0.176. The minimum Gasteiger partial charge on any atom is -0.274 e. The molecule has 5 rings (SSSR count). The van der Waals surface area contributed by atoms with E-state index in [0.29, 0.717) is 57.0 Å². The Bertz CT molecular complexity index is 1550. The molecule has 0 spiro atoms. The van der Waals surface area contributed by atoms with Crippen LogP contribution < -0.4 is 0 Å². The van der Waals surface area contributed by atoms with E-state index < -0.39 is 0 Å². The lowest BCUT2D eigenvalue weighted by Gasteiger charge is -2.14. The first-order valence-corrected chi connectivity index (χ1v) is 11.5. The number of benzene rings is 3. The van der Waals surface area contributed by atoms with E-state index in [0.717, 1.165) is 0 Å². The van der Waals surface area contributed by atoms with Gasteiger partial charge in [0.2, 0.25) is 0 Å². The van der Waals surface area contributed by atoms with Crippen LogP contribution in [0, 0.1) is 11.3 Å². The van der Waals surface area contributed by atoms with Gasteiger partial charge in [-0.25, -0.2) is 4.98 Å². The lowest BCUT2D eigenvalue weighted by molar-refractivity contribution is 0.0651. The van der Waals surface area contributed by atoms with E-state index in [1.165, 1.54) is 15.5 Å². The van der Waals surface area contributed by atoms with Crippen molar-refractivity contribution in [3.63, 3.8) is 0 Å². The van der Waals surface area contributed by atoms with Crippen LogP contribution in [0.25, 0.3) is 11.0 Å². The summed E-state index contributed by atoms with van der Waals surface area (Å²) in [4.78, 5) is 44.6. The highest BCUT2D eigenvalue weighted by molar-refractivity contribution is 6.42. The fourth-order valence-corrected chi connectivity index (χ4v) is 4.52. The van der Waals surface area contributed by atoms with Crippen molar-refractivity contribution in [3.8, 4) is 6.07 Å². The van der Waals surface area contributed by atoms with Crippen LogP contribution in [0.15, 0.2) is 60.7 Å². The highest BCUT2D eigenvalue weighted by Gasteiger charge is 2.34. The molecule has 9 heteroatoms. The summed E-state index contributed by atoms with van der Waals surface area (Å²) in [5.41, 5.74) is 2.41. The zero-order chi connectivity index (χ0) is 24.7. The Kier molecular flexibility index (Phi) is 5.85. The first kappa shape index (κ1) is 22.8. The minimum atomic E-state index is -0.376. The number of carbonyl (C=O) groups is 3. The maximum absolute atomic E-state index is 13.5. The van der Waals surface area contributed by atoms with Crippen molar-refractivity contribution in [3.05, 3.63) is 98.8 Å². The average Bonchev–Trinajstić information content (AvgIpc) is 3.33. The largest absolute Gasteiger partial charge is 0.274 e. The number of rotatable bonds is 5. The molecule has 0 saturated carbocycles. The zero-order valence-corrected chi connectivity index (χ0v) is 19.7. The van der Waals surface area contributed by atoms with Gasteiger partial charge in [-0.15, -0.1) is 0 Å². The average molecular weight is 503 g/mol. The van der Waals surface area contributed by atoms with Crippen LogP contribution in [0.3, 0.4) is 0 Å². The molecular weight excluding hydrogens is 487 g/mol. The molecule has 0 atom stereocenters. The standard InChI is InChI=1S/C26H16Cl2N4O3/c27-19-12-21-22(13-20(19)28)32(24(33)16-6-3-5-15(11-16)14-29)23(30-21)9-4-10-31-25(34)17-7-1-2-8-18(17)26(31)35/h1-3,5-8,11-13H,4,9-10H2. The van der Waals surface area contributed by atoms with Gasteiger partial charge in [0.05, 0.1) is 43.8 Å². The van der Waals surface area contributed by atoms with Gasteiger partial charge in [-0.2, -0.15) is 5.26 Å². The van der Waals surface area contributed by atoms with Gasteiger partial charge in [0, 0.05) is 18.5 Å². The molecule has 7 nitrogen and oxygen atoms in total. The van der Waals surface area contributed by atoms with Gasteiger partial charge in [0.1, 0.15) is 5.82 Å². The Morgan fingerprint density at radius 3 is 2.31 bits per heavy atom. The lowest BCUT2D eigenvalue weighted by atomic mass is 10.1. The molecule has 4 aromatic rings. The quantitative estimate of drug-likeness (QED) is 0.352. The number of amides is 2. The Morgan fingerprint density at radius 1 is 0.943 bits per heavy atom. The van der Waals surface area contributed by atoms with E-state index in [1.807, 2.05) is 6.07 Å². The van der Waals surface area contributed by atoms with Crippen molar-refractivity contribution < 1.29 is 14.4 Å². The van der Waals surface area contributed by atoms with E-state index in [1.54, 1.807) is 54.6 Å². The highest BCUT2D eigenvalue weighted by atomic mass is 35.5. The molecule has 2 amide bonds. The summed E-state index contributed by atoms with van der Waals surface area (Å²) >= 11 is 12.4. The second kappa shape index (κ2) is 8.99. The van der Waals surface area contributed by atoms with Crippen LogP contribution in [-0.4, -0.2) is 38.7 Å². The molecule has 0 unspecified atom stereocenters. The number of aromatic nitrogens is 2. The van der Waals surface area contributed by atoms with Crippen molar-refractivity contribution in [1.82, 2.24) is 14.5 Å². The fourth-order valence-electron chi connectivity index (χ4n) is 4.21. The van der Waals surface area contributed by atoms with Crippen molar-refractivity contribution in [2.24, 2.45) is 0 Å². The normalized spacial score (nSPS) is 12.8. The molecule has 35 heavy (non-hydrogen) atoms. The second-order valence-electron chi connectivity index (χ2n) is 8.03. The highest BCUT2D eigenvalue weighted by Crippen LogP contribution is 2.30. The summed E-state index contributed by atoms with van der Waals surface area (Å²) in [6.45, 7) is 0.176. The first-order chi connectivity index (χ1) is 16.9. The van der Waals surface area contributed by atoms with Gasteiger partial charge < -0.3 is 0 Å². The SMILES string of the molecule is N#Cc1cccc(C(=O)n2c(CCCN3C(=O)c4ccccc4C3=O)nc3cc(Cl)c(Cl)cc32)c1. The molecule has 2 heterocycles.